The molecule has 1 atom stereocenters. The van der Waals surface area contributed by atoms with E-state index in [4.69, 9.17) is 5.26 Å². The summed E-state index contributed by atoms with van der Waals surface area (Å²) < 4.78 is 0. The van der Waals surface area contributed by atoms with Gasteiger partial charge >= 0.3 is 0 Å². The second kappa shape index (κ2) is 5.77. The number of Topliss-reactive ketones (excluding diaryl/α,β-unsaturated/α-hetero) is 1. The first kappa shape index (κ1) is 11.2. The maximum atomic E-state index is 11.4. The molecule has 1 heterocycles. The third kappa shape index (κ3) is 3.12. The number of hydrogen-bond donors (Lipinski definition) is 0. The van der Waals surface area contributed by atoms with Crippen LogP contribution in [0.15, 0.2) is 0 Å². The highest BCUT2D eigenvalue weighted by atomic mass is 16.1. The molecule has 1 aliphatic rings. The Kier molecular flexibility index (Phi) is 4.61. The van der Waals surface area contributed by atoms with Crippen molar-refractivity contribution >= 4 is 5.78 Å². The van der Waals surface area contributed by atoms with Gasteiger partial charge in [0, 0.05) is 31.8 Å². The number of carbonyl (C=O) groups is 1. The van der Waals surface area contributed by atoms with Crippen molar-refractivity contribution in [1.82, 2.24) is 4.90 Å². The molecule has 0 aliphatic carbocycles. The maximum Gasteiger partial charge on any atom is 0.138 e. The second-order valence-corrected chi connectivity index (χ2v) is 3.88. The zero-order valence-corrected chi connectivity index (χ0v) is 8.83. The molecule has 14 heavy (non-hydrogen) atoms. The monoisotopic (exact) mass is 194 g/mol. The van der Waals surface area contributed by atoms with Gasteiger partial charge in [0.25, 0.3) is 0 Å². The van der Waals surface area contributed by atoms with Crippen molar-refractivity contribution in [2.24, 2.45) is 5.92 Å². The number of unbranched alkanes of at least 4 members (excludes halogenated alkanes) is 1. The Morgan fingerprint density at radius 1 is 1.64 bits per heavy atom. The number of nitrogens with zero attached hydrogens (tertiary/aromatic N) is 2. The first-order valence-corrected chi connectivity index (χ1v) is 5.40. The van der Waals surface area contributed by atoms with E-state index in [0.29, 0.717) is 18.6 Å². The van der Waals surface area contributed by atoms with Gasteiger partial charge in [0.1, 0.15) is 5.78 Å². The molecule has 3 heteroatoms. The fourth-order valence-electron chi connectivity index (χ4n) is 1.92. The summed E-state index contributed by atoms with van der Waals surface area (Å²) in [6, 6.07) is 2.15. The summed E-state index contributed by atoms with van der Waals surface area (Å²) in [6.45, 7) is 4.83. The summed E-state index contributed by atoms with van der Waals surface area (Å²) in [4.78, 5) is 13.7. The number of piperidine rings is 1. The lowest BCUT2D eigenvalue weighted by molar-refractivity contribution is -0.126. The van der Waals surface area contributed by atoms with Gasteiger partial charge in [0.15, 0.2) is 0 Å². The van der Waals surface area contributed by atoms with E-state index < -0.39 is 0 Å². The van der Waals surface area contributed by atoms with Crippen LogP contribution in [0.2, 0.25) is 0 Å². The summed E-state index contributed by atoms with van der Waals surface area (Å²) >= 11 is 0. The van der Waals surface area contributed by atoms with E-state index in [1.165, 1.54) is 0 Å². The number of hydrogen-bond acceptors (Lipinski definition) is 3. The molecule has 0 amide bonds. The van der Waals surface area contributed by atoms with Crippen LogP contribution in [0.1, 0.15) is 32.6 Å². The predicted octanol–water partition coefficient (Wildman–Crippen LogP) is 1.59. The van der Waals surface area contributed by atoms with E-state index in [1.807, 2.05) is 0 Å². The van der Waals surface area contributed by atoms with E-state index in [9.17, 15) is 4.79 Å². The third-order valence-electron chi connectivity index (χ3n) is 2.86. The lowest BCUT2D eigenvalue weighted by atomic mass is 9.94. The van der Waals surface area contributed by atoms with E-state index in [2.05, 4.69) is 17.9 Å². The summed E-state index contributed by atoms with van der Waals surface area (Å²) in [5.74, 6) is 0.662. The van der Waals surface area contributed by atoms with Crippen LogP contribution in [-0.2, 0) is 4.79 Å². The third-order valence-corrected chi connectivity index (χ3v) is 2.86. The van der Waals surface area contributed by atoms with Gasteiger partial charge in [-0.3, -0.25) is 4.79 Å². The zero-order chi connectivity index (χ0) is 10.4. The lowest BCUT2D eigenvalue weighted by Gasteiger charge is -2.30. The fourth-order valence-corrected chi connectivity index (χ4v) is 1.92. The molecule has 1 unspecified atom stereocenters. The van der Waals surface area contributed by atoms with Gasteiger partial charge in [-0.25, -0.2) is 0 Å². The van der Waals surface area contributed by atoms with E-state index >= 15 is 0 Å². The second-order valence-electron chi connectivity index (χ2n) is 3.88. The average molecular weight is 194 g/mol. The molecule has 1 rings (SSSR count). The summed E-state index contributed by atoms with van der Waals surface area (Å²) in [5, 5.41) is 8.41. The standard InChI is InChI=1S/C11H18N2O/c1-2-10-9-13(7-4-3-6-12)8-5-11(10)14/h10H,2-5,7-9H2,1H3. The van der Waals surface area contributed by atoms with Gasteiger partial charge in [-0.05, 0) is 19.4 Å². The number of likely N-dealkylation sites (tertiary alicyclic amines) is 1. The van der Waals surface area contributed by atoms with Gasteiger partial charge in [-0.2, -0.15) is 5.26 Å². The quantitative estimate of drug-likeness (QED) is 0.638. The molecule has 0 aromatic heterocycles. The van der Waals surface area contributed by atoms with Crippen molar-refractivity contribution in [1.29, 1.82) is 5.26 Å². The normalized spacial score (nSPS) is 23.4. The van der Waals surface area contributed by atoms with Gasteiger partial charge in [0.05, 0.1) is 6.07 Å². The Morgan fingerprint density at radius 2 is 2.43 bits per heavy atom. The molecule has 0 saturated carbocycles. The first-order valence-electron chi connectivity index (χ1n) is 5.40. The molecule has 0 N–H and O–H groups in total. The molecular formula is C11H18N2O. The molecule has 1 fully saturated rings. The first-order chi connectivity index (χ1) is 6.77. The van der Waals surface area contributed by atoms with E-state index in [-0.39, 0.29) is 5.92 Å². The molecule has 0 aromatic rings. The maximum absolute atomic E-state index is 11.4. The van der Waals surface area contributed by atoms with Gasteiger partial charge in [0.2, 0.25) is 0 Å². The van der Waals surface area contributed by atoms with Crippen LogP contribution < -0.4 is 0 Å². The summed E-state index contributed by atoms with van der Waals surface area (Å²) in [5.41, 5.74) is 0. The fraction of sp³-hybridized carbons (Fsp3) is 0.818. The van der Waals surface area contributed by atoms with Crippen molar-refractivity contribution in [3.63, 3.8) is 0 Å². The van der Waals surface area contributed by atoms with E-state index in [0.717, 1.165) is 32.5 Å². The van der Waals surface area contributed by atoms with Crippen molar-refractivity contribution in [3.8, 4) is 6.07 Å². The SMILES string of the molecule is CCC1CN(CCCC#N)CCC1=O. The lowest BCUT2D eigenvalue weighted by Crippen LogP contribution is -2.40. The van der Waals surface area contributed by atoms with Crippen LogP contribution in [0.5, 0.6) is 0 Å². The molecule has 0 spiro atoms. The number of rotatable bonds is 4. The molecular weight excluding hydrogens is 176 g/mol. The summed E-state index contributed by atoms with van der Waals surface area (Å²) in [6.07, 6.45) is 3.21. The highest BCUT2D eigenvalue weighted by Crippen LogP contribution is 2.16. The highest BCUT2D eigenvalue weighted by molar-refractivity contribution is 5.82. The molecule has 0 aromatic carbocycles. The zero-order valence-electron chi connectivity index (χ0n) is 8.83. The Morgan fingerprint density at radius 3 is 3.07 bits per heavy atom. The Balaban J connectivity index is 2.28. The molecule has 0 bridgehead atoms. The highest BCUT2D eigenvalue weighted by Gasteiger charge is 2.24. The number of ketones is 1. The molecule has 1 saturated heterocycles. The molecule has 0 radical (unpaired) electrons. The molecule has 1 aliphatic heterocycles. The van der Waals surface area contributed by atoms with Crippen LogP contribution in [0.3, 0.4) is 0 Å². The minimum absolute atomic E-state index is 0.242. The minimum Gasteiger partial charge on any atom is -0.302 e. The topological polar surface area (TPSA) is 44.1 Å². The van der Waals surface area contributed by atoms with Crippen LogP contribution in [0.25, 0.3) is 0 Å². The predicted molar refractivity (Wildman–Crippen MR) is 54.7 cm³/mol. The summed E-state index contributed by atoms with van der Waals surface area (Å²) in [7, 11) is 0. The Labute approximate surface area is 85.7 Å². The Bertz CT molecular complexity index is 232. The van der Waals surface area contributed by atoms with Crippen LogP contribution >= 0.6 is 0 Å². The average Bonchev–Trinajstić information content (AvgIpc) is 2.21. The van der Waals surface area contributed by atoms with Gasteiger partial charge in [-0.1, -0.05) is 6.92 Å². The van der Waals surface area contributed by atoms with Gasteiger partial charge < -0.3 is 4.90 Å². The smallest absolute Gasteiger partial charge is 0.138 e. The Hall–Kier alpha value is -0.880. The van der Waals surface area contributed by atoms with Gasteiger partial charge in [-0.15, -0.1) is 0 Å². The van der Waals surface area contributed by atoms with E-state index in [1.54, 1.807) is 0 Å². The number of carbonyl (C=O) groups excluding carboxylic acids is 1. The molecule has 78 valence electrons. The van der Waals surface area contributed by atoms with Crippen LogP contribution in [0.4, 0.5) is 0 Å². The van der Waals surface area contributed by atoms with Crippen molar-refractivity contribution in [2.45, 2.75) is 32.6 Å². The van der Waals surface area contributed by atoms with Crippen molar-refractivity contribution in [3.05, 3.63) is 0 Å². The largest absolute Gasteiger partial charge is 0.302 e. The molecule has 3 nitrogen and oxygen atoms in total. The van der Waals surface area contributed by atoms with Crippen LogP contribution in [0, 0.1) is 17.2 Å². The van der Waals surface area contributed by atoms with Crippen molar-refractivity contribution in [2.75, 3.05) is 19.6 Å². The van der Waals surface area contributed by atoms with Crippen molar-refractivity contribution < 1.29 is 4.79 Å². The minimum atomic E-state index is 0.242. The number of nitriles is 1. The van der Waals surface area contributed by atoms with Crippen LogP contribution in [-0.4, -0.2) is 30.3 Å².